The molecule has 0 unspecified atom stereocenters. The van der Waals surface area contributed by atoms with E-state index in [4.69, 9.17) is 9.47 Å². The number of alkyl halides is 1. The third-order valence-electron chi connectivity index (χ3n) is 11.0. The molecular weight excluding hydrogens is 567 g/mol. The second-order valence-corrected chi connectivity index (χ2v) is 14.1. The molecule has 226 valence electrons. The molecule has 1 aliphatic heterocycles. The van der Waals surface area contributed by atoms with E-state index in [2.05, 4.69) is 31.2 Å². The molecule has 0 spiro atoms. The zero-order valence-corrected chi connectivity index (χ0v) is 25.2. The Labute approximate surface area is 255 Å². The monoisotopic (exact) mass is 604 g/mol. The Balaban J connectivity index is 1.13. The average molecular weight is 605 g/mol. The van der Waals surface area contributed by atoms with Gasteiger partial charge in [0.1, 0.15) is 6.61 Å². The molecule has 7 rings (SSSR count). The molecule has 8 heteroatoms. The van der Waals surface area contributed by atoms with E-state index in [9.17, 15) is 19.8 Å². The van der Waals surface area contributed by atoms with Gasteiger partial charge in [0, 0.05) is 33.5 Å². The number of ketones is 2. The molecular formula is C35H37FO6S. The summed E-state index contributed by atoms with van der Waals surface area (Å²) < 4.78 is 30.3. The summed E-state index contributed by atoms with van der Waals surface area (Å²) in [5.74, 6) is -1.17. The maximum Gasteiger partial charge on any atom is 0.192 e. The lowest BCUT2D eigenvalue weighted by atomic mass is 9.48. The van der Waals surface area contributed by atoms with Crippen LogP contribution in [0.3, 0.4) is 0 Å². The number of Topliss-reactive ketones (excluding diaryl/α,β-unsaturated/α-hetero) is 1. The Morgan fingerprint density at radius 3 is 2.67 bits per heavy atom. The van der Waals surface area contributed by atoms with Crippen molar-refractivity contribution in [2.45, 2.75) is 79.9 Å². The summed E-state index contributed by atoms with van der Waals surface area (Å²) in [4.78, 5) is 26.8. The summed E-state index contributed by atoms with van der Waals surface area (Å²) in [6.45, 7) is 3.13. The van der Waals surface area contributed by atoms with Crippen LogP contribution in [0.1, 0.15) is 55.6 Å². The highest BCUT2D eigenvalue weighted by Crippen LogP contribution is 2.68. The van der Waals surface area contributed by atoms with Crippen molar-refractivity contribution in [1.29, 1.82) is 0 Å². The Kier molecular flexibility index (Phi) is 7.10. The summed E-state index contributed by atoms with van der Waals surface area (Å²) in [6, 6.07) is 16.3. The van der Waals surface area contributed by atoms with Gasteiger partial charge in [-0.05, 0) is 75.3 Å². The van der Waals surface area contributed by atoms with Crippen molar-refractivity contribution >= 4 is 23.3 Å². The van der Waals surface area contributed by atoms with E-state index < -0.39 is 59.4 Å². The molecule has 4 aliphatic carbocycles. The Bertz CT molecular complexity index is 1520. The molecule has 6 nitrogen and oxygen atoms in total. The largest absolute Gasteiger partial charge is 0.390 e. The average Bonchev–Trinajstić information content (AvgIpc) is 3.52. The second-order valence-electron chi connectivity index (χ2n) is 13.1. The molecule has 1 heterocycles. The van der Waals surface area contributed by atoms with Crippen molar-refractivity contribution in [1.82, 2.24) is 0 Å². The maximum absolute atomic E-state index is 17.4. The van der Waals surface area contributed by atoms with Gasteiger partial charge < -0.3 is 19.7 Å². The smallest absolute Gasteiger partial charge is 0.192 e. The first-order valence-corrected chi connectivity index (χ1v) is 16.2. The van der Waals surface area contributed by atoms with Crippen molar-refractivity contribution in [2.75, 3.05) is 6.61 Å². The third kappa shape index (κ3) is 4.28. The number of carbonyl (C=O) groups excluding carboxylic acids is 2. The topological polar surface area (TPSA) is 93.1 Å². The van der Waals surface area contributed by atoms with Crippen LogP contribution < -0.4 is 0 Å². The van der Waals surface area contributed by atoms with Gasteiger partial charge in [-0.25, -0.2) is 4.39 Å². The molecule has 4 fully saturated rings. The van der Waals surface area contributed by atoms with E-state index in [-0.39, 0.29) is 18.1 Å². The van der Waals surface area contributed by atoms with Gasteiger partial charge in [0.25, 0.3) is 0 Å². The second kappa shape index (κ2) is 10.5. The number of ether oxygens (including phenoxy) is 2. The number of hydrogen-bond acceptors (Lipinski definition) is 7. The number of benzene rings is 2. The quantitative estimate of drug-likeness (QED) is 0.415. The normalized spacial score (nSPS) is 39.5. The summed E-state index contributed by atoms with van der Waals surface area (Å²) in [7, 11) is 0. The van der Waals surface area contributed by atoms with E-state index in [1.165, 1.54) is 22.6 Å². The molecule has 2 N–H and O–H groups in total. The number of rotatable bonds is 6. The van der Waals surface area contributed by atoms with Gasteiger partial charge in [-0.1, -0.05) is 53.6 Å². The van der Waals surface area contributed by atoms with Crippen LogP contribution in [-0.2, 0) is 24.8 Å². The summed E-state index contributed by atoms with van der Waals surface area (Å²) in [5.41, 5.74) is -0.715. The number of halogens is 1. The first-order chi connectivity index (χ1) is 20.6. The number of aliphatic hydroxyl groups excluding tert-OH is 2. The van der Waals surface area contributed by atoms with Crippen molar-refractivity contribution in [3.8, 4) is 0 Å². The highest BCUT2D eigenvalue weighted by atomic mass is 32.2. The van der Waals surface area contributed by atoms with Crippen LogP contribution in [0.15, 0.2) is 77.2 Å². The van der Waals surface area contributed by atoms with E-state index >= 15 is 4.39 Å². The molecule has 43 heavy (non-hydrogen) atoms. The van der Waals surface area contributed by atoms with Crippen LogP contribution in [0.2, 0.25) is 0 Å². The van der Waals surface area contributed by atoms with E-state index in [1.54, 1.807) is 24.8 Å². The molecule has 0 radical (unpaired) electrons. The van der Waals surface area contributed by atoms with Gasteiger partial charge >= 0.3 is 0 Å². The number of carbonyl (C=O) groups is 2. The van der Waals surface area contributed by atoms with Crippen LogP contribution in [0.25, 0.3) is 0 Å². The molecule has 1 saturated heterocycles. The lowest BCUT2D eigenvalue weighted by Crippen LogP contribution is -2.66. The fourth-order valence-corrected chi connectivity index (χ4v) is 9.82. The Hall–Kier alpha value is -2.62. The number of allylic oxidation sites excluding steroid dienone is 4. The molecule has 0 bridgehead atoms. The highest BCUT2D eigenvalue weighted by molar-refractivity contribution is 7.98. The Morgan fingerprint density at radius 1 is 1.14 bits per heavy atom. The van der Waals surface area contributed by atoms with Crippen LogP contribution in [0.4, 0.5) is 4.39 Å². The minimum absolute atomic E-state index is 0.00969. The third-order valence-corrected chi connectivity index (χ3v) is 12.0. The fraction of sp³-hybridized carbons (Fsp3) is 0.486. The van der Waals surface area contributed by atoms with E-state index in [0.717, 1.165) is 16.9 Å². The van der Waals surface area contributed by atoms with Crippen molar-refractivity contribution in [2.24, 2.45) is 23.2 Å². The number of thioether (sulfide) groups is 1. The van der Waals surface area contributed by atoms with Gasteiger partial charge in [0.05, 0.1) is 12.2 Å². The predicted octanol–water partition coefficient (Wildman–Crippen LogP) is 5.59. The minimum atomic E-state index is -2.00. The van der Waals surface area contributed by atoms with E-state index in [0.29, 0.717) is 24.8 Å². The predicted molar refractivity (Wildman–Crippen MR) is 160 cm³/mol. The van der Waals surface area contributed by atoms with Gasteiger partial charge in [0.15, 0.2) is 29.1 Å². The number of hydrogen-bond donors (Lipinski definition) is 2. The van der Waals surface area contributed by atoms with Crippen LogP contribution in [0.5, 0.6) is 0 Å². The minimum Gasteiger partial charge on any atom is -0.390 e. The summed E-state index contributed by atoms with van der Waals surface area (Å²) >= 11 is 1.76. The standard InChI is InChI=1S/C35H37FO6S/c1-20-4-3-5-25(14-20)43-19-21-6-8-22(9-7-21)32-41-31-16-26-27-11-10-23-15-24(38)12-13-33(23,2)35(27,36)29(39)17-28(26)34(31,42-32)30(40)18-37/h3-9,12-15,26-29,31-32,37,39H,10-11,16-19H2,1-2H3/t26-,27-,28-,29-,31+,32+,33-,34+,35-/m0/s1. The first kappa shape index (κ1) is 29.1. The van der Waals surface area contributed by atoms with Crippen molar-refractivity contribution < 1.29 is 33.7 Å². The molecule has 2 aromatic carbocycles. The molecule has 0 aromatic heterocycles. The van der Waals surface area contributed by atoms with E-state index in [1.807, 2.05) is 24.3 Å². The van der Waals surface area contributed by atoms with Gasteiger partial charge in [-0.2, -0.15) is 0 Å². The number of aryl methyl sites for hydroxylation is 1. The lowest BCUT2D eigenvalue weighted by Gasteiger charge is -2.59. The zero-order valence-electron chi connectivity index (χ0n) is 24.4. The molecule has 0 amide bonds. The number of fused-ring (bicyclic) bond motifs is 7. The number of aliphatic hydroxyl groups is 2. The van der Waals surface area contributed by atoms with Gasteiger partial charge in [-0.15, -0.1) is 11.8 Å². The lowest BCUT2D eigenvalue weighted by molar-refractivity contribution is -0.203. The first-order valence-electron chi connectivity index (χ1n) is 15.2. The van der Waals surface area contributed by atoms with Crippen molar-refractivity contribution in [3.63, 3.8) is 0 Å². The van der Waals surface area contributed by atoms with Crippen LogP contribution in [0, 0.1) is 30.1 Å². The van der Waals surface area contributed by atoms with Crippen LogP contribution >= 0.6 is 11.8 Å². The molecule has 3 saturated carbocycles. The highest BCUT2D eigenvalue weighted by Gasteiger charge is 2.74. The molecule has 5 aliphatic rings. The summed E-state index contributed by atoms with van der Waals surface area (Å²) in [6.07, 6.45) is 3.11. The van der Waals surface area contributed by atoms with Crippen LogP contribution in [-0.4, -0.2) is 51.9 Å². The maximum atomic E-state index is 17.4. The van der Waals surface area contributed by atoms with Gasteiger partial charge in [-0.3, -0.25) is 9.59 Å². The zero-order chi connectivity index (χ0) is 30.1. The summed E-state index contributed by atoms with van der Waals surface area (Å²) in [5, 5.41) is 21.6. The van der Waals surface area contributed by atoms with Gasteiger partial charge in [0.2, 0.25) is 0 Å². The Morgan fingerprint density at radius 2 is 1.93 bits per heavy atom. The SMILES string of the molecule is Cc1cccc(SCc2ccc([C@@H]3O[C@@H]4C[C@@H]5[C@H](C[C@H](O)[C@@]6(F)[C@H]5CCC5=CC(=O)C=C[C@@]56C)[C@]4(C(=O)CO)O3)cc2)c1. The van der Waals surface area contributed by atoms with Crippen molar-refractivity contribution in [3.05, 3.63) is 89.0 Å². The molecule has 9 atom stereocenters. The fourth-order valence-electron chi connectivity index (χ4n) is 8.85. The molecule has 2 aromatic rings.